The number of epoxide rings is 2. The van der Waals surface area contributed by atoms with Gasteiger partial charge in [-0.05, 0) is 24.7 Å². The lowest BCUT2D eigenvalue weighted by molar-refractivity contribution is -0.145. The average molecular weight is 483 g/mol. The van der Waals surface area contributed by atoms with Gasteiger partial charge in [0.05, 0.1) is 13.2 Å². The molecule has 0 radical (unpaired) electrons. The smallest absolute Gasteiger partial charge is 0.305 e. The highest BCUT2D eigenvalue weighted by Gasteiger charge is 2.24. The summed E-state index contributed by atoms with van der Waals surface area (Å²) in [5.41, 5.74) is 0. The van der Waals surface area contributed by atoms with Crippen LogP contribution in [0.1, 0.15) is 117 Å². The maximum atomic E-state index is 11.6. The molecule has 4 atom stereocenters. The van der Waals surface area contributed by atoms with Gasteiger partial charge in [0.1, 0.15) is 25.4 Å². The second kappa shape index (κ2) is 18.2. The summed E-state index contributed by atoms with van der Waals surface area (Å²) in [6, 6.07) is 0. The fraction of sp³-hybridized carbons (Fsp3) is 0.929. The number of ether oxygens (including phenoxy) is 4. The summed E-state index contributed by atoms with van der Waals surface area (Å²) in [6.07, 6.45) is 18.5. The Hall–Kier alpha value is -1.14. The second-order valence-electron chi connectivity index (χ2n) is 10.7. The number of carbonyl (C=O) groups excluding carboxylic acids is 2. The summed E-state index contributed by atoms with van der Waals surface area (Å²) in [5, 5.41) is 0. The van der Waals surface area contributed by atoms with Crippen molar-refractivity contribution in [1.29, 1.82) is 0 Å². The third-order valence-corrected chi connectivity index (χ3v) is 6.96. The van der Waals surface area contributed by atoms with Gasteiger partial charge in [-0.2, -0.15) is 0 Å². The van der Waals surface area contributed by atoms with Gasteiger partial charge in [0.25, 0.3) is 0 Å². The molecule has 6 nitrogen and oxygen atoms in total. The average Bonchev–Trinajstić information content (AvgIpc) is 3.73. The van der Waals surface area contributed by atoms with Crippen LogP contribution in [-0.2, 0) is 28.5 Å². The number of hydrogen-bond donors (Lipinski definition) is 0. The van der Waals surface area contributed by atoms with Crippen molar-refractivity contribution in [2.75, 3.05) is 26.4 Å². The summed E-state index contributed by atoms with van der Waals surface area (Å²) in [7, 11) is 0. The highest BCUT2D eigenvalue weighted by molar-refractivity contribution is 5.69. The van der Waals surface area contributed by atoms with E-state index in [0.29, 0.717) is 26.1 Å². The van der Waals surface area contributed by atoms with Crippen molar-refractivity contribution in [1.82, 2.24) is 0 Å². The molecule has 6 heteroatoms. The Morgan fingerprint density at radius 2 is 0.941 bits per heavy atom. The molecular formula is C28H50O6. The maximum absolute atomic E-state index is 11.6. The van der Waals surface area contributed by atoms with Crippen LogP contribution in [0.25, 0.3) is 0 Å². The molecule has 0 N–H and O–H groups in total. The Balaban J connectivity index is 1.27. The Bertz CT molecular complexity index is 495. The lowest BCUT2D eigenvalue weighted by Gasteiger charge is -2.13. The fourth-order valence-electron chi connectivity index (χ4n) is 4.35. The van der Waals surface area contributed by atoms with Crippen molar-refractivity contribution >= 4 is 11.9 Å². The van der Waals surface area contributed by atoms with E-state index in [9.17, 15) is 9.59 Å². The van der Waals surface area contributed by atoms with E-state index in [0.717, 1.165) is 50.7 Å². The summed E-state index contributed by atoms with van der Waals surface area (Å²) in [5.74, 6) is 1.47. The van der Waals surface area contributed by atoms with Gasteiger partial charge in [-0.3, -0.25) is 9.59 Å². The number of carbonyl (C=O) groups is 2. The number of hydrogen-bond acceptors (Lipinski definition) is 6. The standard InChI is InChI=1S/C28H50O6/c1-23(13-7-3-5-9-17-27(29)33-21-25-19-31-25)15-11-12-16-24(2)14-8-4-6-10-18-28(30)34-22-26-20-32-26/h23-26H,3-22H2,1-2H3. The van der Waals surface area contributed by atoms with E-state index in [1.807, 2.05) is 0 Å². The zero-order valence-corrected chi connectivity index (χ0v) is 21.9. The molecule has 34 heavy (non-hydrogen) atoms. The minimum atomic E-state index is -0.0738. The normalized spacial score (nSPS) is 20.5. The number of esters is 2. The molecule has 2 fully saturated rings. The van der Waals surface area contributed by atoms with Crippen LogP contribution in [0.3, 0.4) is 0 Å². The summed E-state index contributed by atoms with van der Waals surface area (Å²) >= 11 is 0. The summed E-state index contributed by atoms with van der Waals surface area (Å²) in [6.45, 7) is 7.12. The third-order valence-electron chi connectivity index (χ3n) is 6.96. The zero-order chi connectivity index (χ0) is 24.4. The summed E-state index contributed by atoms with van der Waals surface area (Å²) < 4.78 is 20.4. The van der Waals surface area contributed by atoms with Crippen LogP contribution in [0.5, 0.6) is 0 Å². The second-order valence-corrected chi connectivity index (χ2v) is 10.7. The molecule has 0 aromatic rings. The topological polar surface area (TPSA) is 77.7 Å². The van der Waals surface area contributed by atoms with Gasteiger partial charge in [0.15, 0.2) is 0 Å². The first-order valence-corrected chi connectivity index (χ1v) is 14.1. The van der Waals surface area contributed by atoms with Crippen LogP contribution in [0, 0.1) is 11.8 Å². The van der Waals surface area contributed by atoms with E-state index in [4.69, 9.17) is 18.9 Å². The molecule has 0 saturated carbocycles. The van der Waals surface area contributed by atoms with Crippen molar-refractivity contribution in [3.8, 4) is 0 Å². The molecule has 4 unspecified atom stereocenters. The van der Waals surface area contributed by atoms with Gasteiger partial charge in [-0.15, -0.1) is 0 Å². The molecule has 198 valence electrons. The first kappa shape index (κ1) is 29.1. The quantitative estimate of drug-likeness (QED) is 0.0954. The molecule has 2 aliphatic heterocycles. The molecule has 0 aromatic carbocycles. The third kappa shape index (κ3) is 17.3. The zero-order valence-electron chi connectivity index (χ0n) is 21.9. The van der Waals surface area contributed by atoms with Gasteiger partial charge >= 0.3 is 11.9 Å². The Morgan fingerprint density at radius 1 is 0.618 bits per heavy atom. The molecule has 0 amide bonds. The fourth-order valence-corrected chi connectivity index (χ4v) is 4.35. The number of unbranched alkanes of at least 4 members (excludes halogenated alkanes) is 7. The Labute approximate surface area is 207 Å². The molecule has 0 spiro atoms. The molecule has 0 bridgehead atoms. The molecule has 2 rings (SSSR count). The van der Waals surface area contributed by atoms with Crippen LogP contribution in [0.4, 0.5) is 0 Å². The van der Waals surface area contributed by atoms with Crippen molar-refractivity contribution in [3.63, 3.8) is 0 Å². The maximum Gasteiger partial charge on any atom is 0.305 e. The molecular weight excluding hydrogens is 432 g/mol. The lowest BCUT2D eigenvalue weighted by atomic mass is 9.93. The molecule has 0 aliphatic carbocycles. The monoisotopic (exact) mass is 482 g/mol. The molecule has 2 heterocycles. The molecule has 0 aromatic heterocycles. The minimum Gasteiger partial charge on any atom is -0.463 e. The van der Waals surface area contributed by atoms with Crippen molar-refractivity contribution in [3.05, 3.63) is 0 Å². The van der Waals surface area contributed by atoms with Crippen LogP contribution >= 0.6 is 0 Å². The van der Waals surface area contributed by atoms with Crippen LogP contribution in [-0.4, -0.2) is 50.6 Å². The predicted molar refractivity (Wildman–Crippen MR) is 134 cm³/mol. The van der Waals surface area contributed by atoms with E-state index in [1.54, 1.807) is 0 Å². The van der Waals surface area contributed by atoms with E-state index < -0.39 is 0 Å². The predicted octanol–water partition coefficient (Wildman–Crippen LogP) is 6.38. The van der Waals surface area contributed by atoms with Crippen molar-refractivity contribution < 1.29 is 28.5 Å². The van der Waals surface area contributed by atoms with Crippen molar-refractivity contribution in [2.24, 2.45) is 11.8 Å². The molecule has 2 saturated heterocycles. The van der Waals surface area contributed by atoms with Gasteiger partial charge in [0, 0.05) is 12.8 Å². The first-order chi connectivity index (χ1) is 16.5. The van der Waals surface area contributed by atoms with Crippen LogP contribution in [0.15, 0.2) is 0 Å². The van der Waals surface area contributed by atoms with Crippen molar-refractivity contribution in [2.45, 2.75) is 129 Å². The van der Waals surface area contributed by atoms with E-state index >= 15 is 0 Å². The van der Waals surface area contributed by atoms with E-state index in [2.05, 4.69) is 13.8 Å². The van der Waals surface area contributed by atoms with E-state index in [-0.39, 0.29) is 24.1 Å². The van der Waals surface area contributed by atoms with E-state index in [1.165, 1.54) is 64.2 Å². The summed E-state index contributed by atoms with van der Waals surface area (Å²) in [4.78, 5) is 23.2. The van der Waals surface area contributed by atoms with Gasteiger partial charge < -0.3 is 18.9 Å². The minimum absolute atomic E-state index is 0.0738. The van der Waals surface area contributed by atoms with Gasteiger partial charge in [0.2, 0.25) is 0 Å². The lowest BCUT2D eigenvalue weighted by Crippen LogP contribution is -2.09. The first-order valence-electron chi connectivity index (χ1n) is 14.1. The Morgan fingerprint density at radius 3 is 1.29 bits per heavy atom. The van der Waals surface area contributed by atoms with Gasteiger partial charge in [-0.25, -0.2) is 0 Å². The Kier molecular flexibility index (Phi) is 15.6. The highest BCUT2D eigenvalue weighted by atomic mass is 16.6. The highest BCUT2D eigenvalue weighted by Crippen LogP contribution is 2.21. The van der Waals surface area contributed by atoms with Crippen LogP contribution < -0.4 is 0 Å². The molecule has 2 aliphatic rings. The van der Waals surface area contributed by atoms with Gasteiger partial charge in [-0.1, -0.05) is 90.9 Å². The largest absolute Gasteiger partial charge is 0.463 e. The number of rotatable bonds is 23. The van der Waals surface area contributed by atoms with Crippen LogP contribution in [0.2, 0.25) is 0 Å². The SMILES string of the molecule is CC(CCCCCCC(=O)OCC1CO1)CCCCC(C)CCCCCCC(=O)OCC1CO1.